The zero-order valence-corrected chi connectivity index (χ0v) is 18.2. The first-order valence-corrected chi connectivity index (χ1v) is 11.9. The van der Waals surface area contributed by atoms with Crippen LogP contribution in [0.15, 0.2) is 40.6 Å². The molecule has 0 bridgehead atoms. The van der Waals surface area contributed by atoms with Crippen molar-refractivity contribution in [2.24, 2.45) is 0 Å². The van der Waals surface area contributed by atoms with Crippen molar-refractivity contribution in [2.45, 2.75) is 18.2 Å². The summed E-state index contributed by atoms with van der Waals surface area (Å²) in [6, 6.07) is 8.34. The van der Waals surface area contributed by atoms with Gasteiger partial charge >= 0.3 is 5.97 Å². The van der Waals surface area contributed by atoms with E-state index in [0.29, 0.717) is 43.6 Å². The van der Waals surface area contributed by atoms with Crippen LogP contribution in [-0.4, -0.2) is 73.8 Å². The maximum Gasteiger partial charge on any atom is 0.311 e. The molecule has 1 amide bonds. The number of carbonyl (C=O) groups excluding carboxylic acids is 2. The maximum absolute atomic E-state index is 12.7. The highest BCUT2D eigenvalue weighted by atomic mass is 32.2. The Morgan fingerprint density at radius 3 is 2.53 bits per heavy atom. The lowest BCUT2D eigenvalue weighted by atomic mass is 10.3. The number of hydrogen-bond donors (Lipinski definition) is 1. The van der Waals surface area contributed by atoms with Gasteiger partial charge in [-0.25, -0.2) is 13.4 Å². The number of nitrogens with one attached hydrogen (secondary N) is 1. The van der Waals surface area contributed by atoms with E-state index in [1.165, 1.54) is 15.6 Å². The standard InChI is InChI=1S/C19H24N4O5S2/c1-2-28-18(25)12-15-14-29-19(20-15)21-17(24)13-22-8-10-23(11-9-22)30(26,27)16-6-4-3-5-7-16/h3-7,14H,2,8-13H2,1H3,(H,20,21,24). The number of thiazole rings is 1. The van der Waals surface area contributed by atoms with Gasteiger partial charge in [0.25, 0.3) is 0 Å². The molecule has 1 aromatic carbocycles. The minimum Gasteiger partial charge on any atom is -0.466 e. The zero-order valence-electron chi connectivity index (χ0n) is 16.6. The lowest BCUT2D eigenvalue weighted by Gasteiger charge is -2.33. The quantitative estimate of drug-likeness (QED) is 0.599. The number of hydrogen-bond acceptors (Lipinski definition) is 8. The summed E-state index contributed by atoms with van der Waals surface area (Å²) in [6.07, 6.45) is 0.0675. The smallest absolute Gasteiger partial charge is 0.311 e. The summed E-state index contributed by atoms with van der Waals surface area (Å²) in [4.78, 5) is 30.2. The van der Waals surface area contributed by atoms with E-state index in [0.717, 1.165) is 0 Å². The molecule has 1 aliphatic heterocycles. The fourth-order valence-corrected chi connectivity index (χ4v) is 5.21. The molecule has 0 unspecified atom stereocenters. The van der Waals surface area contributed by atoms with Gasteiger partial charge in [-0.05, 0) is 19.1 Å². The fourth-order valence-electron chi connectivity index (χ4n) is 3.04. The van der Waals surface area contributed by atoms with Crippen molar-refractivity contribution in [1.29, 1.82) is 0 Å². The number of aromatic nitrogens is 1. The largest absolute Gasteiger partial charge is 0.466 e. The van der Waals surface area contributed by atoms with E-state index in [4.69, 9.17) is 4.74 Å². The average molecular weight is 453 g/mol. The summed E-state index contributed by atoms with van der Waals surface area (Å²) in [7, 11) is -3.51. The lowest BCUT2D eigenvalue weighted by Crippen LogP contribution is -2.50. The molecular weight excluding hydrogens is 428 g/mol. The molecule has 2 aromatic rings. The van der Waals surface area contributed by atoms with Crippen molar-refractivity contribution in [3.63, 3.8) is 0 Å². The van der Waals surface area contributed by atoms with Crippen LogP contribution in [-0.2, 0) is 30.8 Å². The van der Waals surface area contributed by atoms with E-state index in [1.807, 2.05) is 4.90 Å². The first kappa shape index (κ1) is 22.3. The molecule has 30 heavy (non-hydrogen) atoms. The number of benzene rings is 1. The van der Waals surface area contributed by atoms with Crippen molar-refractivity contribution < 1.29 is 22.7 Å². The topological polar surface area (TPSA) is 109 Å². The van der Waals surface area contributed by atoms with Gasteiger partial charge in [0.1, 0.15) is 0 Å². The van der Waals surface area contributed by atoms with Crippen LogP contribution in [0.2, 0.25) is 0 Å². The van der Waals surface area contributed by atoms with E-state index >= 15 is 0 Å². The molecule has 0 saturated carbocycles. The molecule has 1 saturated heterocycles. The van der Waals surface area contributed by atoms with Gasteiger partial charge in [0.2, 0.25) is 15.9 Å². The first-order valence-electron chi connectivity index (χ1n) is 9.56. The van der Waals surface area contributed by atoms with Crippen LogP contribution in [0.25, 0.3) is 0 Å². The van der Waals surface area contributed by atoms with Gasteiger partial charge in [-0.2, -0.15) is 4.31 Å². The Bertz CT molecular complexity index is 970. The molecule has 0 aliphatic carbocycles. The minimum absolute atomic E-state index is 0.0675. The van der Waals surface area contributed by atoms with Crippen LogP contribution in [0.1, 0.15) is 12.6 Å². The number of carbonyl (C=O) groups is 2. The van der Waals surface area contributed by atoms with Crippen LogP contribution in [0.5, 0.6) is 0 Å². The molecule has 0 atom stereocenters. The molecule has 3 rings (SSSR count). The third-order valence-electron chi connectivity index (χ3n) is 4.51. The first-order chi connectivity index (χ1) is 14.4. The Balaban J connectivity index is 1.47. The Morgan fingerprint density at radius 1 is 1.17 bits per heavy atom. The number of amides is 1. The van der Waals surface area contributed by atoms with Gasteiger partial charge in [-0.3, -0.25) is 14.5 Å². The molecule has 2 heterocycles. The zero-order chi connectivity index (χ0) is 21.6. The Morgan fingerprint density at radius 2 is 1.87 bits per heavy atom. The predicted molar refractivity (Wildman–Crippen MR) is 113 cm³/mol. The molecule has 11 heteroatoms. The number of rotatable bonds is 8. The monoisotopic (exact) mass is 452 g/mol. The second-order valence-corrected chi connectivity index (χ2v) is 9.46. The van der Waals surface area contributed by atoms with E-state index in [2.05, 4.69) is 10.3 Å². The molecule has 1 N–H and O–H groups in total. The maximum atomic E-state index is 12.7. The fraction of sp³-hybridized carbons (Fsp3) is 0.421. The summed E-state index contributed by atoms with van der Waals surface area (Å²) in [5, 5.41) is 4.85. The highest BCUT2D eigenvalue weighted by Gasteiger charge is 2.29. The van der Waals surface area contributed by atoms with Gasteiger partial charge in [0.15, 0.2) is 5.13 Å². The molecule has 1 fully saturated rings. The van der Waals surface area contributed by atoms with E-state index in [1.54, 1.807) is 42.6 Å². The average Bonchev–Trinajstić information content (AvgIpc) is 3.15. The van der Waals surface area contributed by atoms with E-state index in [9.17, 15) is 18.0 Å². The lowest BCUT2D eigenvalue weighted by molar-refractivity contribution is -0.142. The number of piperazine rings is 1. The van der Waals surface area contributed by atoms with Gasteiger partial charge < -0.3 is 10.1 Å². The summed E-state index contributed by atoms with van der Waals surface area (Å²) in [6.45, 7) is 3.77. The van der Waals surface area contributed by atoms with Crippen LogP contribution in [0.3, 0.4) is 0 Å². The predicted octanol–water partition coefficient (Wildman–Crippen LogP) is 1.19. The summed E-state index contributed by atoms with van der Waals surface area (Å²) < 4.78 is 31.7. The van der Waals surface area contributed by atoms with E-state index in [-0.39, 0.29) is 29.7 Å². The van der Waals surface area contributed by atoms with Crippen molar-refractivity contribution >= 4 is 38.4 Å². The third-order valence-corrected chi connectivity index (χ3v) is 7.23. The van der Waals surface area contributed by atoms with Gasteiger partial charge in [-0.1, -0.05) is 18.2 Å². The number of esters is 1. The highest BCUT2D eigenvalue weighted by Crippen LogP contribution is 2.18. The minimum atomic E-state index is -3.51. The second-order valence-electron chi connectivity index (χ2n) is 6.67. The third kappa shape index (κ3) is 5.85. The number of ether oxygens (including phenoxy) is 1. The molecule has 1 aromatic heterocycles. The number of anilines is 1. The van der Waals surface area contributed by atoms with Crippen LogP contribution >= 0.6 is 11.3 Å². The molecule has 162 valence electrons. The van der Waals surface area contributed by atoms with Gasteiger partial charge in [-0.15, -0.1) is 11.3 Å². The Labute approximate surface area is 179 Å². The normalized spacial score (nSPS) is 15.6. The van der Waals surface area contributed by atoms with Crippen LogP contribution < -0.4 is 5.32 Å². The molecular formula is C19H24N4O5S2. The SMILES string of the molecule is CCOC(=O)Cc1csc(NC(=O)CN2CCN(S(=O)(=O)c3ccccc3)CC2)n1. The molecule has 0 spiro atoms. The second kappa shape index (κ2) is 10.1. The summed E-state index contributed by atoms with van der Waals surface area (Å²) in [5.74, 6) is -0.588. The molecule has 9 nitrogen and oxygen atoms in total. The van der Waals surface area contributed by atoms with Crippen LogP contribution in [0.4, 0.5) is 5.13 Å². The number of sulfonamides is 1. The molecule has 1 aliphatic rings. The summed E-state index contributed by atoms with van der Waals surface area (Å²) >= 11 is 1.24. The number of nitrogens with zero attached hydrogens (tertiary/aromatic N) is 3. The van der Waals surface area contributed by atoms with Crippen molar-refractivity contribution in [3.8, 4) is 0 Å². The van der Waals surface area contributed by atoms with Crippen molar-refractivity contribution in [1.82, 2.24) is 14.2 Å². The Hall–Kier alpha value is -2.34. The Kier molecular flexibility index (Phi) is 7.53. The molecule has 0 radical (unpaired) electrons. The summed E-state index contributed by atoms with van der Waals surface area (Å²) in [5.41, 5.74) is 0.550. The van der Waals surface area contributed by atoms with Gasteiger partial charge in [0, 0.05) is 31.6 Å². The van der Waals surface area contributed by atoms with E-state index < -0.39 is 10.0 Å². The highest BCUT2D eigenvalue weighted by molar-refractivity contribution is 7.89. The van der Waals surface area contributed by atoms with Gasteiger partial charge in [0.05, 0.1) is 30.2 Å². The van der Waals surface area contributed by atoms with Crippen LogP contribution in [0, 0.1) is 0 Å². The van der Waals surface area contributed by atoms with Crippen molar-refractivity contribution in [2.75, 3.05) is 44.6 Å². The van der Waals surface area contributed by atoms with Crippen molar-refractivity contribution in [3.05, 3.63) is 41.4 Å².